The van der Waals surface area contributed by atoms with Crippen LogP contribution in [0.25, 0.3) is 0 Å². The van der Waals surface area contributed by atoms with Crippen molar-refractivity contribution < 1.29 is 0 Å². The number of aryl methyl sites for hydroxylation is 3. The molecule has 0 aliphatic rings. The van der Waals surface area contributed by atoms with Gasteiger partial charge in [-0.1, -0.05) is 49.4 Å². The predicted molar refractivity (Wildman–Crippen MR) is 79.4 cm³/mol. The van der Waals surface area contributed by atoms with Gasteiger partial charge in [0.25, 0.3) is 0 Å². The van der Waals surface area contributed by atoms with Crippen LogP contribution < -0.4 is 0 Å². The van der Waals surface area contributed by atoms with E-state index in [1.165, 1.54) is 27.8 Å². The predicted octanol–water partition coefficient (Wildman–Crippen LogP) is 5.19. The van der Waals surface area contributed by atoms with E-state index in [2.05, 4.69) is 63.2 Å². The van der Waals surface area contributed by atoms with Crippen LogP contribution in [0, 0.1) is 13.8 Å². The Labute approximate surface area is 115 Å². The number of hydrogen-bond acceptors (Lipinski definition) is 0. The van der Waals surface area contributed by atoms with Gasteiger partial charge in [-0.15, -0.1) is 11.6 Å². The number of hydrogen-bond donors (Lipinski definition) is 0. The minimum Gasteiger partial charge on any atom is -0.113 e. The Balaban J connectivity index is 2.41. The summed E-state index contributed by atoms with van der Waals surface area (Å²) in [7, 11) is 0. The van der Waals surface area contributed by atoms with E-state index in [-0.39, 0.29) is 5.38 Å². The molecule has 0 saturated heterocycles. The molecule has 2 rings (SSSR count). The molecule has 18 heavy (non-hydrogen) atoms. The Hall–Kier alpha value is -1.27. The first-order chi connectivity index (χ1) is 8.63. The van der Waals surface area contributed by atoms with Crippen molar-refractivity contribution in [1.82, 2.24) is 0 Å². The normalized spacial score (nSPS) is 12.4. The highest BCUT2D eigenvalue weighted by molar-refractivity contribution is 6.22. The van der Waals surface area contributed by atoms with Gasteiger partial charge >= 0.3 is 0 Å². The van der Waals surface area contributed by atoms with Crippen LogP contribution in [-0.4, -0.2) is 0 Å². The number of benzene rings is 2. The molecule has 0 nitrogen and oxygen atoms in total. The van der Waals surface area contributed by atoms with Crippen LogP contribution in [-0.2, 0) is 6.42 Å². The molecule has 0 spiro atoms. The van der Waals surface area contributed by atoms with Crippen LogP contribution in [0.2, 0.25) is 0 Å². The fraction of sp³-hybridized carbons (Fsp3) is 0.294. The van der Waals surface area contributed by atoms with Crippen LogP contribution in [0.1, 0.15) is 40.1 Å². The molecule has 1 heteroatoms. The Morgan fingerprint density at radius 2 is 1.72 bits per heavy atom. The first kappa shape index (κ1) is 13.2. The van der Waals surface area contributed by atoms with Crippen LogP contribution in [0.3, 0.4) is 0 Å². The summed E-state index contributed by atoms with van der Waals surface area (Å²) in [5.41, 5.74) is 6.35. The molecular weight excluding hydrogens is 240 g/mol. The van der Waals surface area contributed by atoms with Crippen molar-refractivity contribution in [2.75, 3.05) is 0 Å². The van der Waals surface area contributed by atoms with Crippen molar-refractivity contribution in [2.24, 2.45) is 0 Å². The maximum atomic E-state index is 6.64. The summed E-state index contributed by atoms with van der Waals surface area (Å²) in [6.45, 7) is 6.43. The molecule has 0 amide bonds. The summed E-state index contributed by atoms with van der Waals surface area (Å²) in [4.78, 5) is 0. The summed E-state index contributed by atoms with van der Waals surface area (Å²) in [5, 5.41) is -0.0551. The summed E-state index contributed by atoms with van der Waals surface area (Å²) in [6, 6.07) is 14.9. The fourth-order valence-electron chi connectivity index (χ4n) is 2.21. The van der Waals surface area contributed by atoms with Crippen LogP contribution in [0.5, 0.6) is 0 Å². The molecule has 0 aliphatic heterocycles. The highest BCUT2D eigenvalue weighted by Gasteiger charge is 2.14. The lowest BCUT2D eigenvalue weighted by Gasteiger charge is -2.15. The first-order valence-electron chi connectivity index (χ1n) is 6.42. The Morgan fingerprint density at radius 3 is 2.39 bits per heavy atom. The van der Waals surface area contributed by atoms with E-state index < -0.39 is 0 Å². The van der Waals surface area contributed by atoms with Crippen molar-refractivity contribution in [3.8, 4) is 0 Å². The third-order valence-electron chi connectivity index (χ3n) is 3.53. The molecule has 2 aromatic rings. The van der Waals surface area contributed by atoms with E-state index in [9.17, 15) is 0 Å². The number of halogens is 1. The molecule has 1 atom stereocenters. The molecule has 0 radical (unpaired) electrons. The van der Waals surface area contributed by atoms with Crippen LogP contribution >= 0.6 is 11.6 Å². The van der Waals surface area contributed by atoms with Gasteiger partial charge in [-0.3, -0.25) is 0 Å². The summed E-state index contributed by atoms with van der Waals surface area (Å²) in [5.74, 6) is 0. The maximum Gasteiger partial charge on any atom is 0.0838 e. The molecule has 0 aromatic heterocycles. The zero-order valence-electron chi connectivity index (χ0n) is 11.2. The maximum absolute atomic E-state index is 6.64. The summed E-state index contributed by atoms with van der Waals surface area (Å²) >= 11 is 6.64. The second-order valence-electron chi connectivity index (χ2n) is 4.76. The average Bonchev–Trinajstić information content (AvgIpc) is 2.41. The Bertz CT molecular complexity index is 543. The smallest absolute Gasteiger partial charge is 0.0838 e. The largest absolute Gasteiger partial charge is 0.113 e. The molecule has 0 bridgehead atoms. The lowest BCUT2D eigenvalue weighted by Crippen LogP contribution is -1.99. The Morgan fingerprint density at radius 1 is 1.00 bits per heavy atom. The third-order valence-corrected chi connectivity index (χ3v) is 4.02. The number of rotatable bonds is 3. The number of alkyl halides is 1. The average molecular weight is 259 g/mol. The van der Waals surface area contributed by atoms with E-state index in [4.69, 9.17) is 11.6 Å². The van der Waals surface area contributed by atoms with Gasteiger partial charge in [0.1, 0.15) is 0 Å². The standard InChI is InChI=1S/C17H19Cl/c1-4-14-7-5-6-8-16(14)17(18)15-10-9-12(2)13(3)11-15/h5-11,17H,4H2,1-3H3. The van der Waals surface area contributed by atoms with Crippen LogP contribution in [0.15, 0.2) is 42.5 Å². The SMILES string of the molecule is CCc1ccccc1C(Cl)c1ccc(C)c(C)c1. The first-order valence-corrected chi connectivity index (χ1v) is 6.86. The lowest BCUT2D eigenvalue weighted by molar-refractivity contribution is 1.03. The molecule has 0 N–H and O–H groups in total. The molecule has 0 aliphatic carbocycles. The van der Waals surface area contributed by atoms with E-state index in [0.717, 1.165) is 6.42 Å². The second-order valence-corrected chi connectivity index (χ2v) is 5.20. The topological polar surface area (TPSA) is 0 Å². The molecule has 0 fully saturated rings. The van der Waals surface area contributed by atoms with Crippen molar-refractivity contribution in [2.45, 2.75) is 32.6 Å². The third kappa shape index (κ3) is 2.59. The summed E-state index contributed by atoms with van der Waals surface area (Å²) in [6.07, 6.45) is 1.02. The summed E-state index contributed by atoms with van der Waals surface area (Å²) < 4.78 is 0. The molecule has 94 valence electrons. The minimum absolute atomic E-state index is 0.0551. The van der Waals surface area contributed by atoms with Crippen molar-refractivity contribution in [3.63, 3.8) is 0 Å². The van der Waals surface area contributed by atoms with Gasteiger partial charge in [0, 0.05) is 0 Å². The quantitative estimate of drug-likeness (QED) is 0.665. The van der Waals surface area contributed by atoms with E-state index >= 15 is 0 Å². The van der Waals surface area contributed by atoms with E-state index in [0.29, 0.717) is 0 Å². The van der Waals surface area contributed by atoms with Gasteiger partial charge in [0.05, 0.1) is 5.38 Å². The van der Waals surface area contributed by atoms with Gasteiger partial charge in [-0.05, 0) is 48.1 Å². The van der Waals surface area contributed by atoms with E-state index in [1.54, 1.807) is 0 Å². The monoisotopic (exact) mass is 258 g/mol. The van der Waals surface area contributed by atoms with Crippen molar-refractivity contribution >= 4 is 11.6 Å². The Kier molecular flexibility index (Phi) is 4.08. The second kappa shape index (κ2) is 5.58. The van der Waals surface area contributed by atoms with Gasteiger partial charge in [0.2, 0.25) is 0 Å². The lowest BCUT2D eigenvalue weighted by atomic mass is 9.96. The highest BCUT2D eigenvalue weighted by atomic mass is 35.5. The van der Waals surface area contributed by atoms with Crippen molar-refractivity contribution in [3.05, 3.63) is 70.3 Å². The molecule has 2 aromatic carbocycles. The minimum atomic E-state index is -0.0551. The molecule has 1 unspecified atom stereocenters. The molecule has 0 heterocycles. The van der Waals surface area contributed by atoms with Gasteiger partial charge in [-0.2, -0.15) is 0 Å². The van der Waals surface area contributed by atoms with Crippen molar-refractivity contribution in [1.29, 1.82) is 0 Å². The molecule has 0 saturated carbocycles. The van der Waals surface area contributed by atoms with E-state index in [1.807, 2.05) is 0 Å². The zero-order chi connectivity index (χ0) is 13.1. The van der Waals surface area contributed by atoms with Crippen LogP contribution in [0.4, 0.5) is 0 Å². The van der Waals surface area contributed by atoms with Gasteiger partial charge in [0.15, 0.2) is 0 Å². The zero-order valence-corrected chi connectivity index (χ0v) is 12.0. The fourth-order valence-corrected chi connectivity index (χ4v) is 2.55. The van der Waals surface area contributed by atoms with Gasteiger partial charge in [-0.25, -0.2) is 0 Å². The molecular formula is C17H19Cl. The highest BCUT2D eigenvalue weighted by Crippen LogP contribution is 2.32. The van der Waals surface area contributed by atoms with Gasteiger partial charge < -0.3 is 0 Å².